The summed E-state index contributed by atoms with van der Waals surface area (Å²) in [6.45, 7) is 1.21. The molecular formula is C13H17N3O3S2. The average molecular weight is 327 g/mol. The van der Waals surface area contributed by atoms with Crippen molar-refractivity contribution in [2.75, 3.05) is 25.2 Å². The number of thioether (sulfide) groups is 1. The van der Waals surface area contributed by atoms with Gasteiger partial charge in [-0.2, -0.15) is 0 Å². The fourth-order valence-electron chi connectivity index (χ4n) is 1.69. The molecule has 0 aliphatic heterocycles. The first kappa shape index (κ1) is 16.0. The van der Waals surface area contributed by atoms with E-state index in [0.29, 0.717) is 29.0 Å². The minimum atomic E-state index is -3.25. The lowest BCUT2D eigenvalue weighted by molar-refractivity contribution is 0.184. The van der Waals surface area contributed by atoms with Gasteiger partial charge in [-0.25, -0.2) is 8.42 Å². The number of rotatable bonds is 8. The first-order valence-corrected chi connectivity index (χ1v) is 9.04. The Balaban J connectivity index is 1.91. The molecule has 8 heteroatoms. The normalized spacial score (nSPS) is 11.7. The molecule has 1 aromatic heterocycles. The molecule has 2 rings (SSSR count). The van der Waals surface area contributed by atoms with Crippen molar-refractivity contribution >= 4 is 21.6 Å². The Hall–Kier alpha value is -1.38. The molecule has 21 heavy (non-hydrogen) atoms. The van der Waals surface area contributed by atoms with E-state index in [1.807, 2.05) is 4.57 Å². The van der Waals surface area contributed by atoms with E-state index >= 15 is 0 Å². The van der Waals surface area contributed by atoms with E-state index in [9.17, 15) is 8.42 Å². The number of hydrogen-bond donors (Lipinski definition) is 0. The molecule has 0 bridgehead atoms. The van der Waals surface area contributed by atoms with Gasteiger partial charge < -0.3 is 9.30 Å². The minimum Gasteiger partial charge on any atom is -0.383 e. The molecule has 1 aromatic carbocycles. The minimum absolute atomic E-state index is 0.0683. The highest BCUT2D eigenvalue weighted by molar-refractivity contribution is 8.00. The second-order valence-corrected chi connectivity index (χ2v) is 7.45. The van der Waals surface area contributed by atoms with Crippen LogP contribution in [0.2, 0.25) is 0 Å². The van der Waals surface area contributed by atoms with Crippen molar-refractivity contribution in [2.24, 2.45) is 0 Å². The Labute approximate surface area is 128 Å². The Morgan fingerprint density at radius 1 is 1.29 bits per heavy atom. The summed E-state index contributed by atoms with van der Waals surface area (Å²) in [5.74, 6) is 0.502. The Morgan fingerprint density at radius 2 is 2.05 bits per heavy atom. The van der Waals surface area contributed by atoms with Crippen molar-refractivity contribution in [2.45, 2.75) is 16.6 Å². The van der Waals surface area contributed by atoms with Gasteiger partial charge in [-0.3, -0.25) is 0 Å². The van der Waals surface area contributed by atoms with Crippen LogP contribution >= 0.6 is 11.8 Å². The highest BCUT2D eigenvalue weighted by atomic mass is 32.2. The van der Waals surface area contributed by atoms with Gasteiger partial charge in [-0.1, -0.05) is 30.0 Å². The Kier molecular flexibility index (Phi) is 5.77. The second-order valence-electron chi connectivity index (χ2n) is 4.28. The SMILES string of the molecule is COCCn1cnnc1SCCS(=O)(=O)c1ccccc1. The summed E-state index contributed by atoms with van der Waals surface area (Å²) in [4.78, 5) is 0.353. The first-order valence-electron chi connectivity index (χ1n) is 6.41. The van der Waals surface area contributed by atoms with E-state index in [0.717, 1.165) is 0 Å². The molecule has 114 valence electrons. The van der Waals surface area contributed by atoms with E-state index in [2.05, 4.69) is 10.2 Å². The van der Waals surface area contributed by atoms with Crippen molar-refractivity contribution in [3.8, 4) is 0 Å². The smallest absolute Gasteiger partial charge is 0.191 e. The summed E-state index contributed by atoms with van der Waals surface area (Å²) in [5.41, 5.74) is 0. The number of ether oxygens (including phenoxy) is 1. The van der Waals surface area contributed by atoms with Crippen molar-refractivity contribution in [1.82, 2.24) is 14.8 Å². The van der Waals surface area contributed by atoms with Crippen LogP contribution in [0.3, 0.4) is 0 Å². The maximum absolute atomic E-state index is 12.1. The van der Waals surface area contributed by atoms with Crippen LogP contribution in [0.5, 0.6) is 0 Å². The molecule has 0 fully saturated rings. The maximum Gasteiger partial charge on any atom is 0.191 e. The standard InChI is InChI=1S/C13H17N3O3S2/c1-19-8-7-16-11-14-15-13(16)20-9-10-21(17,18)12-5-3-2-4-6-12/h2-6,11H,7-10H2,1H3. The number of aromatic nitrogens is 3. The van der Waals surface area contributed by atoms with Crippen LogP contribution in [-0.2, 0) is 21.1 Å². The molecule has 0 atom stereocenters. The molecule has 0 N–H and O–H groups in total. The third-order valence-corrected chi connectivity index (χ3v) is 5.77. The van der Waals surface area contributed by atoms with Crippen LogP contribution in [0.15, 0.2) is 46.7 Å². The molecule has 0 amide bonds. The van der Waals surface area contributed by atoms with Crippen molar-refractivity contribution in [1.29, 1.82) is 0 Å². The molecule has 6 nitrogen and oxygen atoms in total. The maximum atomic E-state index is 12.1. The van der Waals surface area contributed by atoms with E-state index in [1.54, 1.807) is 43.8 Å². The number of methoxy groups -OCH3 is 1. The van der Waals surface area contributed by atoms with Crippen LogP contribution in [0.1, 0.15) is 0 Å². The first-order chi connectivity index (χ1) is 10.1. The van der Waals surface area contributed by atoms with Crippen LogP contribution in [0, 0.1) is 0 Å². The fourth-order valence-corrected chi connectivity index (χ4v) is 4.30. The lowest BCUT2D eigenvalue weighted by atomic mass is 10.4. The van der Waals surface area contributed by atoms with Gasteiger partial charge in [0.15, 0.2) is 15.0 Å². The molecule has 1 heterocycles. The summed E-state index contributed by atoms with van der Waals surface area (Å²) < 4.78 is 31.1. The molecule has 0 aliphatic rings. The number of sulfone groups is 1. The van der Waals surface area contributed by atoms with Gasteiger partial charge in [0.1, 0.15) is 6.33 Å². The van der Waals surface area contributed by atoms with E-state index in [1.165, 1.54) is 11.8 Å². The highest BCUT2D eigenvalue weighted by Gasteiger charge is 2.14. The zero-order valence-corrected chi connectivity index (χ0v) is 13.3. The molecule has 0 saturated carbocycles. The van der Waals surface area contributed by atoms with Gasteiger partial charge in [0.25, 0.3) is 0 Å². The van der Waals surface area contributed by atoms with Gasteiger partial charge in [0.05, 0.1) is 17.3 Å². The molecule has 0 aliphatic carbocycles. The summed E-state index contributed by atoms with van der Waals surface area (Å²) >= 11 is 1.38. The monoisotopic (exact) mass is 327 g/mol. The summed E-state index contributed by atoms with van der Waals surface area (Å²) in [5, 5.41) is 8.53. The van der Waals surface area contributed by atoms with Crippen LogP contribution in [-0.4, -0.2) is 48.4 Å². The summed E-state index contributed by atoms with van der Waals surface area (Å²) in [6.07, 6.45) is 1.62. The van der Waals surface area contributed by atoms with Gasteiger partial charge >= 0.3 is 0 Å². The molecular weight excluding hydrogens is 310 g/mol. The zero-order valence-electron chi connectivity index (χ0n) is 11.7. The van der Waals surface area contributed by atoms with Gasteiger partial charge in [0.2, 0.25) is 0 Å². The fraction of sp³-hybridized carbons (Fsp3) is 0.385. The average Bonchev–Trinajstić information content (AvgIpc) is 2.93. The predicted molar refractivity (Wildman–Crippen MR) is 81.1 cm³/mol. The van der Waals surface area contributed by atoms with Crippen molar-refractivity contribution in [3.63, 3.8) is 0 Å². The predicted octanol–water partition coefficient (Wildman–Crippen LogP) is 1.49. The second kappa shape index (κ2) is 7.58. The van der Waals surface area contributed by atoms with E-state index in [4.69, 9.17) is 4.74 Å². The van der Waals surface area contributed by atoms with Gasteiger partial charge in [-0.15, -0.1) is 10.2 Å². The lowest BCUT2D eigenvalue weighted by Crippen LogP contribution is -2.10. The quantitative estimate of drug-likeness (QED) is 0.684. The Bertz CT molecular complexity index is 656. The lowest BCUT2D eigenvalue weighted by Gasteiger charge is -2.06. The number of benzene rings is 1. The zero-order chi connectivity index (χ0) is 15.1. The largest absolute Gasteiger partial charge is 0.383 e. The summed E-state index contributed by atoms with van der Waals surface area (Å²) in [6, 6.07) is 8.47. The molecule has 0 saturated heterocycles. The van der Waals surface area contributed by atoms with E-state index in [-0.39, 0.29) is 5.75 Å². The topological polar surface area (TPSA) is 74.1 Å². The van der Waals surface area contributed by atoms with Gasteiger partial charge in [0, 0.05) is 19.4 Å². The molecule has 0 radical (unpaired) electrons. The van der Waals surface area contributed by atoms with Crippen molar-refractivity contribution < 1.29 is 13.2 Å². The van der Waals surface area contributed by atoms with Crippen molar-refractivity contribution in [3.05, 3.63) is 36.7 Å². The van der Waals surface area contributed by atoms with Gasteiger partial charge in [-0.05, 0) is 12.1 Å². The summed E-state index contributed by atoms with van der Waals surface area (Å²) in [7, 11) is -1.62. The third kappa shape index (κ3) is 4.55. The third-order valence-electron chi connectivity index (χ3n) is 2.80. The van der Waals surface area contributed by atoms with E-state index < -0.39 is 9.84 Å². The van der Waals surface area contributed by atoms with Crippen LogP contribution in [0.25, 0.3) is 0 Å². The number of nitrogens with zero attached hydrogens (tertiary/aromatic N) is 3. The highest BCUT2D eigenvalue weighted by Crippen LogP contribution is 2.17. The van der Waals surface area contributed by atoms with Crippen LogP contribution in [0.4, 0.5) is 0 Å². The number of hydrogen-bond acceptors (Lipinski definition) is 6. The molecule has 0 unspecified atom stereocenters. The Morgan fingerprint density at radius 3 is 2.76 bits per heavy atom. The molecule has 2 aromatic rings. The van der Waals surface area contributed by atoms with Crippen LogP contribution < -0.4 is 0 Å². The molecule has 0 spiro atoms.